The van der Waals surface area contributed by atoms with Crippen LogP contribution in [0.15, 0.2) is 42.5 Å². The minimum absolute atomic E-state index is 0.232. The molecule has 0 fully saturated rings. The molecule has 0 aliphatic carbocycles. The Balaban J connectivity index is 1.97. The first-order valence-electron chi connectivity index (χ1n) is 8.57. The molecule has 0 radical (unpaired) electrons. The van der Waals surface area contributed by atoms with Gasteiger partial charge in [-0.2, -0.15) is 5.26 Å². The Kier molecular flexibility index (Phi) is 7.59. The number of ether oxygens (including phenoxy) is 1. The Morgan fingerprint density at radius 2 is 1.80 bits per heavy atom. The van der Waals surface area contributed by atoms with Gasteiger partial charge < -0.3 is 9.64 Å². The predicted molar refractivity (Wildman–Crippen MR) is 97.8 cm³/mol. The van der Waals surface area contributed by atoms with E-state index in [1.54, 1.807) is 12.1 Å². The number of nitriles is 1. The summed E-state index contributed by atoms with van der Waals surface area (Å²) in [4.78, 5) is 2.16. The molecule has 0 aromatic heterocycles. The lowest BCUT2D eigenvalue weighted by molar-refractivity contribution is 0.115. The summed E-state index contributed by atoms with van der Waals surface area (Å²) in [6, 6.07) is 14.4. The number of nitrogens with zero attached hydrogens (tertiary/aromatic N) is 2. The van der Waals surface area contributed by atoms with Crippen LogP contribution in [-0.4, -0.2) is 32.1 Å². The van der Waals surface area contributed by atoms with E-state index in [1.807, 2.05) is 18.2 Å². The van der Waals surface area contributed by atoms with Crippen LogP contribution in [0.25, 0.3) is 0 Å². The highest BCUT2D eigenvalue weighted by Crippen LogP contribution is 2.18. The van der Waals surface area contributed by atoms with Crippen molar-refractivity contribution < 1.29 is 9.13 Å². The highest BCUT2D eigenvalue weighted by Gasteiger charge is 2.06. The molecule has 0 aliphatic rings. The Morgan fingerprint density at radius 3 is 2.48 bits per heavy atom. The van der Waals surface area contributed by atoms with Crippen molar-refractivity contribution in [3.8, 4) is 6.07 Å². The van der Waals surface area contributed by atoms with Crippen molar-refractivity contribution in [1.29, 1.82) is 5.26 Å². The maximum atomic E-state index is 13.1. The van der Waals surface area contributed by atoms with E-state index in [-0.39, 0.29) is 5.82 Å². The molecule has 2 rings (SSSR count). The van der Waals surface area contributed by atoms with Gasteiger partial charge in [-0.25, -0.2) is 4.39 Å². The third kappa shape index (κ3) is 6.66. The molecule has 0 N–H and O–H groups in total. The minimum atomic E-state index is -0.232. The van der Waals surface area contributed by atoms with E-state index >= 15 is 0 Å². The smallest absolute Gasteiger partial charge is 0.123 e. The summed E-state index contributed by atoms with van der Waals surface area (Å²) in [6.07, 6.45) is 2.82. The van der Waals surface area contributed by atoms with Crippen molar-refractivity contribution in [3.63, 3.8) is 0 Å². The summed E-state index contributed by atoms with van der Waals surface area (Å²) < 4.78 is 18.9. The number of unbranched alkanes of at least 4 members (excludes halogenated alkanes) is 1. The summed E-state index contributed by atoms with van der Waals surface area (Å²) in [5.74, 6) is -0.232. The first-order chi connectivity index (χ1) is 12.1. The SMILES string of the molecule is CN(C)CCCCOCc1cc(C#N)ccc1Cc1ccc(F)cc1. The fourth-order valence-electron chi connectivity index (χ4n) is 2.64. The standard InChI is InChI=1S/C21H25FN2O/c1-24(2)11-3-4-12-25-16-20-14-18(15-23)5-8-19(20)13-17-6-9-21(22)10-7-17/h5-10,14H,3-4,11-13,16H2,1-2H3. The van der Waals surface area contributed by atoms with Crippen LogP contribution >= 0.6 is 0 Å². The van der Waals surface area contributed by atoms with Gasteiger partial charge >= 0.3 is 0 Å². The zero-order valence-corrected chi connectivity index (χ0v) is 15.0. The van der Waals surface area contributed by atoms with Crippen molar-refractivity contribution in [2.24, 2.45) is 0 Å². The fourth-order valence-corrected chi connectivity index (χ4v) is 2.64. The van der Waals surface area contributed by atoms with Crippen molar-refractivity contribution in [3.05, 3.63) is 70.5 Å². The summed E-state index contributed by atoms with van der Waals surface area (Å²) in [5, 5.41) is 9.13. The zero-order chi connectivity index (χ0) is 18.1. The van der Waals surface area contributed by atoms with Crippen LogP contribution in [-0.2, 0) is 17.8 Å². The highest BCUT2D eigenvalue weighted by molar-refractivity contribution is 5.40. The van der Waals surface area contributed by atoms with Gasteiger partial charge in [0.05, 0.1) is 18.2 Å². The quantitative estimate of drug-likeness (QED) is 0.644. The van der Waals surface area contributed by atoms with Gasteiger partial charge in [0.1, 0.15) is 5.82 Å². The van der Waals surface area contributed by atoms with Gasteiger partial charge in [-0.1, -0.05) is 18.2 Å². The number of benzene rings is 2. The molecule has 0 spiro atoms. The van der Waals surface area contributed by atoms with Crippen LogP contribution in [0.5, 0.6) is 0 Å². The van der Waals surface area contributed by atoms with Gasteiger partial charge in [-0.05, 0) is 80.9 Å². The molecular weight excluding hydrogens is 315 g/mol. The first-order valence-corrected chi connectivity index (χ1v) is 8.57. The van der Waals surface area contributed by atoms with E-state index in [9.17, 15) is 4.39 Å². The van der Waals surface area contributed by atoms with E-state index in [2.05, 4.69) is 25.1 Å². The Hall–Kier alpha value is -2.22. The molecule has 2 aromatic rings. The van der Waals surface area contributed by atoms with Gasteiger partial charge in [0.2, 0.25) is 0 Å². The van der Waals surface area contributed by atoms with E-state index in [0.717, 1.165) is 36.1 Å². The van der Waals surface area contributed by atoms with E-state index < -0.39 is 0 Å². The summed E-state index contributed by atoms with van der Waals surface area (Å²) >= 11 is 0. The van der Waals surface area contributed by atoms with Crippen LogP contribution in [0.2, 0.25) is 0 Å². The summed E-state index contributed by atoms with van der Waals surface area (Å²) in [5.41, 5.74) is 3.81. The number of hydrogen-bond acceptors (Lipinski definition) is 3. The lowest BCUT2D eigenvalue weighted by atomic mass is 9.98. The number of hydrogen-bond donors (Lipinski definition) is 0. The van der Waals surface area contributed by atoms with E-state index in [0.29, 0.717) is 25.2 Å². The fraction of sp³-hybridized carbons (Fsp3) is 0.381. The second kappa shape index (κ2) is 9.93. The van der Waals surface area contributed by atoms with Crippen LogP contribution in [0.4, 0.5) is 4.39 Å². The molecule has 0 heterocycles. The maximum Gasteiger partial charge on any atom is 0.123 e. The number of halogens is 1. The van der Waals surface area contributed by atoms with E-state index in [4.69, 9.17) is 10.00 Å². The Morgan fingerprint density at radius 1 is 1.04 bits per heavy atom. The van der Waals surface area contributed by atoms with Gasteiger partial charge in [0, 0.05) is 6.61 Å². The molecule has 0 saturated carbocycles. The molecule has 0 atom stereocenters. The number of rotatable bonds is 9. The second-order valence-electron chi connectivity index (χ2n) is 6.46. The van der Waals surface area contributed by atoms with Crippen molar-refractivity contribution in [1.82, 2.24) is 4.90 Å². The Bertz CT molecular complexity index is 705. The van der Waals surface area contributed by atoms with Crippen LogP contribution < -0.4 is 0 Å². The molecule has 132 valence electrons. The lowest BCUT2D eigenvalue weighted by Crippen LogP contribution is -2.13. The van der Waals surface area contributed by atoms with Gasteiger partial charge in [0.15, 0.2) is 0 Å². The summed E-state index contributed by atoms with van der Waals surface area (Å²) in [7, 11) is 4.13. The largest absolute Gasteiger partial charge is 0.377 e. The molecule has 4 heteroatoms. The second-order valence-corrected chi connectivity index (χ2v) is 6.46. The van der Waals surface area contributed by atoms with Gasteiger partial charge in [-0.3, -0.25) is 0 Å². The molecule has 3 nitrogen and oxygen atoms in total. The Labute approximate surface area is 149 Å². The van der Waals surface area contributed by atoms with Crippen LogP contribution in [0.3, 0.4) is 0 Å². The molecule has 0 aliphatic heterocycles. The van der Waals surface area contributed by atoms with Crippen molar-refractivity contribution in [2.45, 2.75) is 25.9 Å². The van der Waals surface area contributed by atoms with Crippen LogP contribution in [0.1, 0.15) is 35.1 Å². The average molecular weight is 340 g/mol. The molecule has 0 saturated heterocycles. The molecule has 0 bridgehead atoms. The average Bonchev–Trinajstić information content (AvgIpc) is 2.60. The van der Waals surface area contributed by atoms with Crippen LogP contribution in [0, 0.1) is 17.1 Å². The normalized spacial score (nSPS) is 10.8. The highest BCUT2D eigenvalue weighted by atomic mass is 19.1. The van der Waals surface area contributed by atoms with Gasteiger partial charge in [0.25, 0.3) is 0 Å². The molecule has 0 amide bonds. The molecule has 2 aromatic carbocycles. The minimum Gasteiger partial charge on any atom is -0.377 e. The summed E-state index contributed by atoms with van der Waals surface area (Å²) in [6.45, 7) is 2.26. The van der Waals surface area contributed by atoms with E-state index in [1.165, 1.54) is 12.1 Å². The maximum absolute atomic E-state index is 13.1. The van der Waals surface area contributed by atoms with Crippen molar-refractivity contribution in [2.75, 3.05) is 27.2 Å². The first kappa shape index (κ1) is 19.1. The third-order valence-electron chi connectivity index (χ3n) is 4.04. The molecule has 0 unspecified atom stereocenters. The van der Waals surface area contributed by atoms with Gasteiger partial charge in [-0.15, -0.1) is 0 Å². The zero-order valence-electron chi connectivity index (χ0n) is 15.0. The third-order valence-corrected chi connectivity index (χ3v) is 4.04. The lowest BCUT2D eigenvalue weighted by Gasteiger charge is -2.12. The monoisotopic (exact) mass is 340 g/mol. The molecular formula is C21H25FN2O. The predicted octanol–water partition coefficient (Wildman–Crippen LogP) is 4.15. The molecule has 25 heavy (non-hydrogen) atoms. The van der Waals surface area contributed by atoms with Crippen molar-refractivity contribution >= 4 is 0 Å². The topological polar surface area (TPSA) is 36.3 Å².